The third kappa shape index (κ3) is 4.61. The quantitative estimate of drug-likeness (QED) is 0.809. The summed E-state index contributed by atoms with van der Waals surface area (Å²) in [4.78, 5) is 25.1. The number of hydrogen-bond donors (Lipinski definition) is 2. The maximum atomic E-state index is 12.5. The first-order valence-corrected chi connectivity index (χ1v) is 7.08. The number of hydrogen-bond acceptors (Lipinski definition) is 4. The second kappa shape index (κ2) is 8.60. The van der Waals surface area contributed by atoms with Crippen molar-refractivity contribution in [3.05, 3.63) is 29.8 Å². The van der Waals surface area contributed by atoms with Gasteiger partial charge in [0.25, 0.3) is 11.8 Å². The summed E-state index contributed by atoms with van der Waals surface area (Å²) in [5.74, 6) is 0.0369. The standard InChI is InChI=1S/C15H21N3O3.ClH/c1-17-9-12-3-2-8-18(12)15(20)11-4-6-13(7-5-11)21-10-14(16)19;/h4-7,12,17H,2-3,8-10H2,1H3,(H2,16,19);1H. The molecular formula is C15H22ClN3O3. The zero-order valence-corrected chi connectivity index (χ0v) is 13.4. The molecule has 22 heavy (non-hydrogen) atoms. The number of likely N-dealkylation sites (tertiary alicyclic amines) is 1. The first-order chi connectivity index (χ1) is 10.1. The molecule has 1 unspecified atom stereocenters. The summed E-state index contributed by atoms with van der Waals surface area (Å²) < 4.78 is 5.18. The zero-order chi connectivity index (χ0) is 15.2. The van der Waals surface area contributed by atoms with Crippen molar-refractivity contribution in [1.29, 1.82) is 0 Å². The van der Waals surface area contributed by atoms with Crippen molar-refractivity contribution in [3.63, 3.8) is 0 Å². The second-order valence-corrected chi connectivity index (χ2v) is 5.13. The zero-order valence-electron chi connectivity index (χ0n) is 12.6. The molecular weight excluding hydrogens is 306 g/mol. The highest BCUT2D eigenvalue weighted by Crippen LogP contribution is 2.21. The SMILES string of the molecule is CNCC1CCCN1C(=O)c1ccc(OCC(N)=O)cc1.Cl. The minimum absolute atomic E-state index is 0. The molecule has 0 bridgehead atoms. The van der Waals surface area contributed by atoms with Crippen molar-refractivity contribution in [3.8, 4) is 5.75 Å². The number of primary amides is 1. The number of carbonyl (C=O) groups excluding carboxylic acids is 2. The monoisotopic (exact) mass is 327 g/mol. The Kier molecular flexibility index (Phi) is 7.14. The van der Waals surface area contributed by atoms with E-state index in [1.807, 2.05) is 11.9 Å². The van der Waals surface area contributed by atoms with Gasteiger partial charge in [-0.3, -0.25) is 9.59 Å². The van der Waals surface area contributed by atoms with Gasteiger partial charge in [-0.2, -0.15) is 0 Å². The van der Waals surface area contributed by atoms with Gasteiger partial charge in [-0.25, -0.2) is 0 Å². The molecule has 0 spiro atoms. The molecule has 2 rings (SSSR count). The minimum Gasteiger partial charge on any atom is -0.484 e. The van der Waals surface area contributed by atoms with E-state index in [2.05, 4.69) is 5.32 Å². The Morgan fingerprint density at radius 3 is 2.64 bits per heavy atom. The number of halogens is 1. The van der Waals surface area contributed by atoms with E-state index in [0.29, 0.717) is 11.3 Å². The van der Waals surface area contributed by atoms with Gasteiger partial charge in [-0.1, -0.05) is 0 Å². The van der Waals surface area contributed by atoms with E-state index < -0.39 is 5.91 Å². The normalized spacial score (nSPS) is 17.0. The number of nitrogens with one attached hydrogen (secondary N) is 1. The molecule has 0 radical (unpaired) electrons. The Balaban J connectivity index is 0.00000242. The summed E-state index contributed by atoms with van der Waals surface area (Å²) in [6.45, 7) is 1.44. The fourth-order valence-corrected chi connectivity index (χ4v) is 2.56. The molecule has 3 N–H and O–H groups in total. The van der Waals surface area contributed by atoms with Crippen LogP contribution < -0.4 is 15.8 Å². The number of ether oxygens (including phenoxy) is 1. The molecule has 0 aliphatic carbocycles. The lowest BCUT2D eigenvalue weighted by Gasteiger charge is -2.24. The van der Waals surface area contributed by atoms with Crippen LogP contribution in [0.2, 0.25) is 0 Å². The largest absolute Gasteiger partial charge is 0.484 e. The molecule has 1 aliphatic heterocycles. The lowest BCUT2D eigenvalue weighted by Crippen LogP contribution is -2.40. The van der Waals surface area contributed by atoms with Crippen LogP contribution in [-0.4, -0.2) is 49.5 Å². The summed E-state index contributed by atoms with van der Waals surface area (Å²) in [5, 5.41) is 3.12. The van der Waals surface area contributed by atoms with Gasteiger partial charge in [0.2, 0.25) is 0 Å². The van der Waals surface area contributed by atoms with Crippen molar-refractivity contribution in [1.82, 2.24) is 10.2 Å². The molecule has 2 amide bonds. The van der Waals surface area contributed by atoms with Gasteiger partial charge in [0, 0.05) is 24.7 Å². The molecule has 6 nitrogen and oxygen atoms in total. The van der Waals surface area contributed by atoms with E-state index >= 15 is 0 Å². The average Bonchev–Trinajstić information content (AvgIpc) is 2.93. The first kappa shape index (κ1) is 18.3. The lowest BCUT2D eigenvalue weighted by molar-refractivity contribution is -0.119. The smallest absolute Gasteiger partial charge is 0.255 e. The Morgan fingerprint density at radius 2 is 2.05 bits per heavy atom. The predicted octanol–water partition coefficient (Wildman–Crippen LogP) is 0.796. The molecule has 122 valence electrons. The molecule has 1 fully saturated rings. The van der Waals surface area contributed by atoms with Crippen molar-refractivity contribution in [2.45, 2.75) is 18.9 Å². The van der Waals surface area contributed by atoms with Gasteiger partial charge in [0.15, 0.2) is 6.61 Å². The Bertz CT molecular complexity index is 507. The van der Waals surface area contributed by atoms with Crippen LogP contribution in [0.15, 0.2) is 24.3 Å². The van der Waals surface area contributed by atoms with Gasteiger partial charge in [0.05, 0.1) is 0 Å². The molecule has 1 aliphatic rings. The van der Waals surface area contributed by atoms with Gasteiger partial charge >= 0.3 is 0 Å². The first-order valence-electron chi connectivity index (χ1n) is 7.08. The molecule has 1 aromatic rings. The van der Waals surface area contributed by atoms with Gasteiger partial charge in [0.1, 0.15) is 5.75 Å². The van der Waals surface area contributed by atoms with E-state index in [-0.39, 0.29) is 31.0 Å². The summed E-state index contributed by atoms with van der Waals surface area (Å²) in [5.41, 5.74) is 5.64. The number of rotatable bonds is 6. The van der Waals surface area contributed by atoms with Crippen LogP contribution in [0.5, 0.6) is 5.75 Å². The van der Waals surface area contributed by atoms with Gasteiger partial charge in [-0.05, 0) is 44.2 Å². The van der Waals surface area contributed by atoms with Crippen LogP contribution in [0.1, 0.15) is 23.2 Å². The average molecular weight is 328 g/mol. The third-order valence-electron chi connectivity index (χ3n) is 3.56. The maximum absolute atomic E-state index is 12.5. The van der Waals surface area contributed by atoms with E-state index in [1.165, 1.54) is 0 Å². The van der Waals surface area contributed by atoms with Crippen LogP contribution in [0.25, 0.3) is 0 Å². The summed E-state index contributed by atoms with van der Waals surface area (Å²) in [6.07, 6.45) is 2.07. The molecule has 0 saturated carbocycles. The van der Waals surface area contributed by atoms with Gasteiger partial charge in [-0.15, -0.1) is 12.4 Å². The van der Waals surface area contributed by atoms with E-state index in [0.717, 1.165) is 25.9 Å². The molecule has 0 aromatic heterocycles. The number of benzene rings is 1. The van der Waals surface area contributed by atoms with E-state index in [4.69, 9.17) is 10.5 Å². The van der Waals surface area contributed by atoms with Crippen molar-refractivity contribution >= 4 is 24.2 Å². The Morgan fingerprint density at radius 1 is 1.36 bits per heavy atom. The topological polar surface area (TPSA) is 84.7 Å². The van der Waals surface area contributed by atoms with Crippen molar-refractivity contribution in [2.75, 3.05) is 26.7 Å². The predicted molar refractivity (Wildman–Crippen MR) is 86.4 cm³/mol. The van der Waals surface area contributed by atoms with Crippen molar-refractivity contribution < 1.29 is 14.3 Å². The second-order valence-electron chi connectivity index (χ2n) is 5.13. The highest BCUT2D eigenvalue weighted by molar-refractivity contribution is 5.94. The van der Waals surface area contributed by atoms with Crippen LogP contribution in [0, 0.1) is 0 Å². The van der Waals surface area contributed by atoms with E-state index in [1.54, 1.807) is 24.3 Å². The molecule has 1 aromatic carbocycles. The minimum atomic E-state index is -0.526. The Labute approximate surface area is 136 Å². The highest BCUT2D eigenvalue weighted by Gasteiger charge is 2.28. The molecule has 1 heterocycles. The molecule has 7 heteroatoms. The third-order valence-corrected chi connectivity index (χ3v) is 3.56. The van der Waals surface area contributed by atoms with Crippen LogP contribution in [0.4, 0.5) is 0 Å². The summed E-state index contributed by atoms with van der Waals surface area (Å²) >= 11 is 0. The molecule has 1 saturated heterocycles. The molecule has 1 atom stereocenters. The lowest BCUT2D eigenvalue weighted by atomic mass is 10.1. The number of amides is 2. The van der Waals surface area contributed by atoms with Crippen molar-refractivity contribution in [2.24, 2.45) is 5.73 Å². The maximum Gasteiger partial charge on any atom is 0.255 e. The summed E-state index contributed by atoms with van der Waals surface area (Å²) in [7, 11) is 1.89. The van der Waals surface area contributed by atoms with Crippen LogP contribution in [0.3, 0.4) is 0 Å². The van der Waals surface area contributed by atoms with E-state index in [9.17, 15) is 9.59 Å². The summed E-state index contributed by atoms with van der Waals surface area (Å²) in [6, 6.07) is 7.05. The van der Waals surface area contributed by atoms with Crippen LogP contribution >= 0.6 is 12.4 Å². The van der Waals surface area contributed by atoms with Gasteiger partial charge < -0.3 is 20.7 Å². The Hall–Kier alpha value is -1.79. The fraction of sp³-hybridized carbons (Fsp3) is 0.467. The number of likely N-dealkylation sites (N-methyl/N-ethyl adjacent to an activating group) is 1. The highest BCUT2D eigenvalue weighted by atomic mass is 35.5. The number of nitrogens with two attached hydrogens (primary N) is 1. The fourth-order valence-electron chi connectivity index (χ4n) is 2.56. The van der Waals surface area contributed by atoms with Crippen LogP contribution in [-0.2, 0) is 4.79 Å². The number of nitrogens with zero attached hydrogens (tertiary/aromatic N) is 1. The number of carbonyl (C=O) groups is 2.